The van der Waals surface area contributed by atoms with E-state index in [1.165, 1.54) is 11.3 Å². The van der Waals surface area contributed by atoms with Crippen LogP contribution < -0.4 is 10.6 Å². The molecule has 7 nitrogen and oxygen atoms in total. The topological polar surface area (TPSA) is 72.1 Å². The van der Waals surface area contributed by atoms with E-state index < -0.39 is 0 Å². The van der Waals surface area contributed by atoms with Gasteiger partial charge in [0.25, 0.3) is 0 Å². The molecule has 0 atom stereocenters. The number of guanidine groups is 1. The highest BCUT2D eigenvalue weighted by Gasteiger charge is 2.09. The van der Waals surface area contributed by atoms with Crippen LogP contribution in [0.25, 0.3) is 0 Å². The van der Waals surface area contributed by atoms with Crippen molar-refractivity contribution in [3.63, 3.8) is 0 Å². The van der Waals surface area contributed by atoms with Gasteiger partial charge in [0, 0.05) is 57.4 Å². The van der Waals surface area contributed by atoms with Crippen LogP contribution in [0.15, 0.2) is 23.7 Å². The maximum Gasteiger partial charge on any atom is 0.191 e. The van der Waals surface area contributed by atoms with Crippen LogP contribution in [0.2, 0.25) is 0 Å². The summed E-state index contributed by atoms with van der Waals surface area (Å²) in [4.78, 5) is 8.25. The third-order valence-electron chi connectivity index (χ3n) is 3.54. The Morgan fingerprint density at radius 1 is 1.33 bits per heavy atom. The van der Waals surface area contributed by atoms with Crippen molar-refractivity contribution in [3.05, 3.63) is 35.7 Å². The molecule has 2 N–H and O–H groups in total. The van der Waals surface area contributed by atoms with E-state index >= 15 is 0 Å². The van der Waals surface area contributed by atoms with Crippen molar-refractivity contribution in [1.29, 1.82) is 0 Å². The van der Waals surface area contributed by atoms with E-state index in [-0.39, 0.29) is 0 Å². The Kier molecular flexibility index (Phi) is 4.97. The molecule has 7 heteroatoms. The van der Waals surface area contributed by atoms with Crippen LogP contribution in [-0.2, 0) is 20.1 Å². The third kappa shape index (κ3) is 3.84. The van der Waals surface area contributed by atoms with E-state index in [1.54, 1.807) is 19.6 Å². The van der Waals surface area contributed by atoms with E-state index in [4.69, 9.17) is 0 Å². The van der Waals surface area contributed by atoms with Gasteiger partial charge in [0.05, 0.1) is 12.0 Å². The van der Waals surface area contributed by atoms with Gasteiger partial charge < -0.3 is 15.2 Å². The first-order valence-electron chi connectivity index (χ1n) is 7.01. The van der Waals surface area contributed by atoms with Crippen molar-refractivity contribution in [2.24, 2.45) is 12.0 Å². The lowest BCUT2D eigenvalue weighted by molar-refractivity contribution is 0.661. The molecule has 0 aliphatic rings. The molecule has 2 aromatic heterocycles. The molecule has 21 heavy (non-hydrogen) atoms. The summed E-state index contributed by atoms with van der Waals surface area (Å²) < 4.78 is 3.93. The minimum absolute atomic E-state index is 0.719. The SMILES string of the molecule is CN=C(NCCn1ccnc1)NCc1c(C)nn(C)c1C. The molecule has 0 aliphatic carbocycles. The molecule has 114 valence electrons. The molecule has 0 unspecified atom stereocenters. The van der Waals surface area contributed by atoms with Gasteiger partial charge in [-0.3, -0.25) is 9.67 Å². The predicted molar refractivity (Wildman–Crippen MR) is 83.1 cm³/mol. The van der Waals surface area contributed by atoms with Crippen LogP contribution in [0, 0.1) is 13.8 Å². The predicted octanol–water partition coefficient (Wildman–Crippen LogP) is 0.599. The Morgan fingerprint density at radius 3 is 2.71 bits per heavy atom. The molecule has 2 aromatic rings. The summed E-state index contributed by atoms with van der Waals surface area (Å²) in [6, 6.07) is 0. The first-order chi connectivity index (χ1) is 10.1. The van der Waals surface area contributed by atoms with E-state index in [9.17, 15) is 0 Å². The monoisotopic (exact) mass is 289 g/mol. The van der Waals surface area contributed by atoms with Gasteiger partial charge in [-0.2, -0.15) is 5.10 Å². The number of aliphatic imine (C=N–C) groups is 1. The average molecular weight is 289 g/mol. The number of aryl methyl sites for hydroxylation is 2. The molecule has 0 radical (unpaired) electrons. The van der Waals surface area contributed by atoms with Gasteiger partial charge in [0.15, 0.2) is 5.96 Å². The summed E-state index contributed by atoms with van der Waals surface area (Å²) in [6.07, 6.45) is 5.53. The van der Waals surface area contributed by atoms with E-state index in [1.807, 2.05) is 29.4 Å². The first-order valence-corrected chi connectivity index (χ1v) is 7.01. The van der Waals surface area contributed by atoms with Gasteiger partial charge in [-0.15, -0.1) is 0 Å². The maximum absolute atomic E-state index is 4.42. The smallest absolute Gasteiger partial charge is 0.191 e. The van der Waals surface area contributed by atoms with Gasteiger partial charge in [-0.05, 0) is 13.8 Å². The number of nitrogens with one attached hydrogen (secondary N) is 2. The zero-order valence-electron chi connectivity index (χ0n) is 13.1. The summed E-state index contributed by atoms with van der Waals surface area (Å²) in [7, 11) is 3.74. The zero-order chi connectivity index (χ0) is 15.2. The number of nitrogens with zero attached hydrogens (tertiary/aromatic N) is 5. The molecule has 2 rings (SSSR count). The number of imidazole rings is 1. The summed E-state index contributed by atoms with van der Waals surface area (Å²) in [5, 5.41) is 11.0. The molecule has 0 bridgehead atoms. The summed E-state index contributed by atoms with van der Waals surface area (Å²) >= 11 is 0. The van der Waals surface area contributed by atoms with Crippen molar-refractivity contribution in [3.8, 4) is 0 Å². The lowest BCUT2D eigenvalue weighted by Crippen LogP contribution is -2.38. The van der Waals surface area contributed by atoms with E-state index in [2.05, 4.69) is 32.6 Å². The van der Waals surface area contributed by atoms with E-state index in [0.29, 0.717) is 0 Å². The minimum atomic E-state index is 0.719. The van der Waals surface area contributed by atoms with Gasteiger partial charge in [0.2, 0.25) is 0 Å². The number of hydrogen-bond acceptors (Lipinski definition) is 3. The number of rotatable bonds is 5. The van der Waals surface area contributed by atoms with Gasteiger partial charge >= 0.3 is 0 Å². The lowest BCUT2D eigenvalue weighted by atomic mass is 10.2. The van der Waals surface area contributed by atoms with E-state index in [0.717, 1.165) is 31.3 Å². The molecule has 0 amide bonds. The average Bonchev–Trinajstić information content (AvgIpc) is 3.05. The van der Waals surface area contributed by atoms with Gasteiger partial charge in [-0.1, -0.05) is 0 Å². The lowest BCUT2D eigenvalue weighted by Gasteiger charge is -2.12. The Balaban J connectivity index is 1.82. The molecule has 0 saturated heterocycles. The molecule has 2 heterocycles. The second-order valence-corrected chi connectivity index (χ2v) is 4.93. The standard InChI is InChI=1S/C14H23N7/c1-11-13(12(2)20(4)19-11)9-18-14(15-3)17-6-8-21-7-5-16-10-21/h5,7,10H,6,8-9H2,1-4H3,(H2,15,17,18). The van der Waals surface area contributed by atoms with Gasteiger partial charge in [0.1, 0.15) is 0 Å². The van der Waals surface area contributed by atoms with Crippen LogP contribution in [-0.4, -0.2) is 38.9 Å². The largest absolute Gasteiger partial charge is 0.355 e. The molecule has 0 spiro atoms. The highest BCUT2D eigenvalue weighted by Crippen LogP contribution is 2.10. The Bertz CT molecular complexity index is 595. The van der Waals surface area contributed by atoms with Crippen molar-refractivity contribution < 1.29 is 0 Å². The molecule has 0 aromatic carbocycles. The summed E-state index contributed by atoms with van der Waals surface area (Å²) in [5.41, 5.74) is 3.44. The quantitative estimate of drug-likeness (QED) is 0.624. The molecular weight excluding hydrogens is 266 g/mol. The number of hydrogen-bond donors (Lipinski definition) is 2. The van der Waals surface area contributed by atoms with Crippen LogP contribution in [0.5, 0.6) is 0 Å². The highest BCUT2D eigenvalue weighted by atomic mass is 15.3. The van der Waals surface area contributed by atoms with Crippen LogP contribution in [0.3, 0.4) is 0 Å². The summed E-state index contributed by atoms with van der Waals surface area (Å²) in [5.74, 6) is 0.790. The highest BCUT2D eigenvalue weighted by molar-refractivity contribution is 5.79. The fourth-order valence-electron chi connectivity index (χ4n) is 2.19. The molecule has 0 saturated carbocycles. The minimum Gasteiger partial charge on any atom is -0.355 e. The normalized spacial score (nSPS) is 11.7. The Morgan fingerprint density at radius 2 is 2.14 bits per heavy atom. The van der Waals surface area contributed by atoms with Crippen LogP contribution >= 0.6 is 0 Å². The van der Waals surface area contributed by atoms with Crippen molar-refractivity contribution >= 4 is 5.96 Å². The third-order valence-corrected chi connectivity index (χ3v) is 3.54. The van der Waals surface area contributed by atoms with Crippen LogP contribution in [0.4, 0.5) is 0 Å². The molecular formula is C14H23N7. The Labute approximate surface area is 125 Å². The molecule has 0 aliphatic heterocycles. The van der Waals surface area contributed by atoms with Crippen molar-refractivity contribution in [2.45, 2.75) is 26.9 Å². The zero-order valence-corrected chi connectivity index (χ0v) is 13.1. The van der Waals surface area contributed by atoms with Gasteiger partial charge in [-0.25, -0.2) is 4.98 Å². The number of aromatic nitrogens is 4. The van der Waals surface area contributed by atoms with Crippen molar-refractivity contribution in [2.75, 3.05) is 13.6 Å². The summed E-state index contributed by atoms with van der Waals surface area (Å²) in [6.45, 7) is 6.47. The fraction of sp³-hybridized carbons (Fsp3) is 0.500. The fourth-order valence-corrected chi connectivity index (χ4v) is 2.19. The maximum atomic E-state index is 4.42. The second kappa shape index (κ2) is 6.92. The van der Waals surface area contributed by atoms with Crippen LogP contribution in [0.1, 0.15) is 17.0 Å². The first kappa shape index (κ1) is 15.1. The molecule has 0 fully saturated rings. The Hall–Kier alpha value is -2.31. The van der Waals surface area contributed by atoms with Crippen molar-refractivity contribution in [1.82, 2.24) is 30.0 Å². The second-order valence-electron chi connectivity index (χ2n) is 4.93.